The number of nitrogens with zero attached hydrogens (tertiary/aromatic N) is 1. The number of hydrogen-bond acceptors (Lipinski definition) is 1. The summed E-state index contributed by atoms with van der Waals surface area (Å²) in [7, 11) is 2.27. The van der Waals surface area contributed by atoms with E-state index < -0.39 is 0 Å². The third kappa shape index (κ3) is 0.800. The molecule has 58 valence electrons. The molecule has 1 heterocycles. The van der Waals surface area contributed by atoms with Crippen molar-refractivity contribution in [2.45, 2.75) is 32.2 Å². The molecule has 1 nitrogen and oxygen atoms in total. The SMILES string of the molecule is CC1[C@@H]2CCC[C@@H]2CN1C. The summed E-state index contributed by atoms with van der Waals surface area (Å²) in [5.74, 6) is 2.10. The topological polar surface area (TPSA) is 3.24 Å². The average molecular weight is 139 g/mol. The standard InChI is InChI=1S/C9H17N/c1-7-9-5-3-4-8(9)6-10(7)2/h7-9H,3-6H2,1-2H3/t7?,8-,9+/m1/s1. The molecule has 1 saturated heterocycles. The number of fused-ring (bicyclic) bond motifs is 1. The van der Waals surface area contributed by atoms with E-state index >= 15 is 0 Å². The van der Waals surface area contributed by atoms with Crippen LogP contribution >= 0.6 is 0 Å². The molecule has 1 aliphatic carbocycles. The highest BCUT2D eigenvalue weighted by Crippen LogP contribution is 2.40. The molecule has 1 aliphatic heterocycles. The molecule has 10 heavy (non-hydrogen) atoms. The van der Waals surface area contributed by atoms with Crippen LogP contribution in [0.2, 0.25) is 0 Å². The third-order valence-corrected chi connectivity index (χ3v) is 3.56. The predicted octanol–water partition coefficient (Wildman–Crippen LogP) is 1.74. The van der Waals surface area contributed by atoms with Crippen LogP contribution in [0.15, 0.2) is 0 Å². The lowest BCUT2D eigenvalue weighted by molar-refractivity contribution is 0.287. The van der Waals surface area contributed by atoms with Crippen molar-refractivity contribution >= 4 is 0 Å². The Morgan fingerprint density at radius 1 is 1.30 bits per heavy atom. The molecule has 0 bridgehead atoms. The molecule has 1 unspecified atom stereocenters. The van der Waals surface area contributed by atoms with E-state index in [0.29, 0.717) is 0 Å². The second-order valence-electron chi connectivity index (χ2n) is 4.04. The Bertz CT molecular complexity index is 131. The maximum absolute atomic E-state index is 2.52. The van der Waals surface area contributed by atoms with E-state index in [9.17, 15) is 0 Å². The van der Waals surface area contributed by atoms with Crippen LogP contribution in [0.5, 0.6) is 0 Å². The van der Waals surface area contributed by atoms with E-state index in [1.807, 2.05) is 0 Å². The molecule has 0 radical (unpaired) electrons. The zero-order valence-electron chi connectivity index (χ0n) is 7.01. The molecule has 0 aromatic rings. The van der Waals surface area contributed by atoms with Gasteiger partial charge in [-0.05, 0) is 38.6 Å². The maximum Gasteiger partial charge on any atom is 0.00953 e. The van der Waals surface area contributed by atoms with Gasteiger partial charge in [0.05, 0.1) is 0 Å². The highest BCUT2D eigenvalue weighted by Gasteiger charge is 2.39. The normalized spacial score (nSPS) is 48.0. The van der Waals surface area contributed by atoms with Gasteiger partial charge in [-0.1, -0.05) is 6.42 Å². The van der Waals surface area contributed by atoms with E-state index in [1.54, 1.807) is 0 Å². The van der Waals surface area contributed by atoms with Gasteiger partial charge in [0, 0.05) is 12.6 Å². The summed E-state index contributed by atoms with van der Waals surface area (Å²) >= 11 is 0. The van der Waals surface area contributed by atoms with E-state index in [2.05, 4.69) is 18.9 Å². The first-order valence-corrected chi connectivity index (χ1v) is 4.49. The second kappa shape index (κ2) is 2.23. The van der Waals surface area contributed by atoms with Crippen LogP contribution in [0.1, 0.15) is 26.2 Å². The lowest BCUT2D eigenvalue weighted by Gasteiger charge is -2.18. The molecule has 0 aromatic carbocycles. The number of likely N-dealkylation sites (tertiary alicyclic amines) is 1. The first-order chi connectivity index (χ1) is 4.79. The van der Waals surface area contributed by atoms with Gasteiger partial charge in [-0.15, -0.1) is 0 Å². The van der Waals surface area contributed by atoms with Gasteiger partial charge >= 0.3 is 0 Å². The fraction of sp³-hybridized carbons (Fsp3) is 1.00. The van der Waals surface area contributed by atoms with Gasteiger partial charge in [0.2, 0.25) is 0 Å². The highest BCUT2D eigenvalue weighted by molar-refractivity contribution is 4.92. The van der Waals surface area contributed by atoms with Gasteiger partial charge in [-0.2, -0.15) is 0 Å². The van der Waals surface area contributed by atoms with Crippen molar-refractivity contribution in [3.8, 4) is 0 Å². The van der Waals surface area contributed by atoms with Crippen LogP contribution in [-0.2, 0) is 0 Å². The average Bonchev–Trinajstić information content (AvgIpc) is 2.41. The molecule has 2 aliphatic rings. The quantitative estimate of drug-likeness (QED) is 0.494. The van der Waals surface area contributed by atoms with Crippen LogP contribution in [0.4, 0.5) is 0 Å². The minimum absolute atomic E-state index is 0.868. The molecule has 2 rings (SSSR count). The van der Waals surface area contributed by atoms with Gasteiger partial charge in [0.15, 0.2) is 0 Å². The first kappa shape index (κ1) is 6.66. The summed E-state index contributed by atoms with van der Waals surface area (Å²) in [6.45, 7) is 3.75. The maximum atomic E-state index is 2.52. The van der Waals surface area contributed by atoms with Crippen LogP contribution in [-0.4, -0.2) is 24.5 Å². The lowest BCUT2D eigenvalue weighted by atomic mass is 9.95. The van der Waals surface area contributed by atoms with E-state index in [1.165, 1.54) is 25.8 Å². The fourth-order valence-electron chi connectivity index (χ4n) is 2.79. The minimum Gasteiger partial charge on any atom is -0.303 e. The van der Waals surface area contributed by atoms with Crippen molar-refractivity contribution in [1.29, 1.82) is 0 Å². The Hall–Kier alpha value is -0.0400. The summed E-state index contributed by atoms with van der Waals surface area (Å²) in [4.78, 5) is 2.52. The molecule has 1 saturated carbocycles. The Kier molecular flexibility index (Phi) is 1.48. The van der Waals surface area contributed by atoms with Gasteiger partial charge in [-0.3, -0.25) is 0 Å². The summed E-state index contributed by atoms with van der Waals surface area (Å²) in [5, 5.41) is 0. The Labute approximate surface area is 63.4 Å². The largest absolute Gasteiger partial charge is 0.303 e. The second-order valence-corrected chi connectivity index (χ2v) is 4.04. The Morgan fingerprint density at radius 3 is 2.80 bits per heavy atom. The molecule has 0 N–H and O–H groups in total. The molecule has 2 fully saturated rings. The minimum atomic E-state index is 0.868. The fourth-order valence-corrected chi connectivity index (χ4v) is 2.79. The summed E-state index contributed by atoms with van der Waals surface area (Å²) in [5.41, 5.74) is 0. The van der Waals surface area contributed by atoms with E-state index in [4.69, 9.17) is 0 Å². The van der Waals surface area contributed by atoms with Crippen LogP contribution in [0.25, 0.3) is 0 Å². The summed E-state index contributed by atoms with van der Waals surface area (Å²) < 4.78 is 0. The van der Waals surface area contributed by atoms with Crippen LogP contribution < -0.4 is 0 Å². The summed E-state index contributed by atoms with van der Waals surface area (Å²) in [6, 6.07) is 0.868. The molecule has 0 aromatic heterocycles. The van der Waals surface area contributed by atoms with Crippen molar-refractivity contribution in [3.63, 3.8) is 0 Å². The zero-order valence-corrected chi connectivity index (χ0v) is 7.01. The zero-order chi connectivity index (χ0) is 7.14. The number of hydrogen-bond donors (Lipinski definition) is 0. The van der Waals surface area contributed by atoms with Gasteiger partial charge in [0.25, 0.3) is 0 Å². The van der Waals surface area contributed by atoms with Crippen LogP contribution in [0, 0.1) is 11.8 Å². The van der Waals surface area contributed by atoms with Gasteiger partial charge in [-0.25, -0.2) is 0 Å². The van der Waals surface area contributed by atoms with Crippen LogP contribution in [0.3, 0.4) is 0 Å². The molecule has 3 atom stereocenters. The third-order valence-electron chi connectivity index (χ3n) is 3.56. The predicted molar refractivity (Wildman–Crippen MR) is 42.9 cm³/mol. The van der Waals surface area contributed by atoms with Crippen molar-refractivity contribution in [2.24, 2.45) is 11.8 Å². The molecular formula is C9H17N. The van der Waals surface area contributed by atoms with Crippen molar-refractivity contribution in [3.05, 3.63) is 0 Å². The lowest BCUT2D eigenvalue weighted by Crippen LogP contribution is -2.25. The van der Waals surface area contributed by atoms with Gasteiger partial charge < -0.3 is 4.90 Å². The monoisotopic (exact) mass is 139 g/mol. The molecule has 0 spiro atoms. The van der Waals surface area contributed by atoms with Gasteiger partial charge in [0.1, 0.15) is 0 Å². The summed E-state index contributed by atoms with van der Waals surface area (Å²) in [6.07, 6.45) is 4.49. The Morgan fingerprint density at radius 2 is 2.10 bits per heavy atom. The van der Waals surface area contributed by atoms with Crippen molar-refractivity contribution in [2.75, 3.05) is 13.6 Å². The molecule has 0 amide bonds. The van der Waals surface area contributed by atoms with E-state index in [0.717, 1.165) is 17.9 Å². The first-order valence-electron chi connectivity index (χ1n) is 4.49. The Balaban J connectivity index is 2.09. The van der Waals surface area contributed by atoms with E-state index in [-0.39, 0.29) is 0 Å². The van der Waals surface area contributed by atoms with Crippen molar-refractivity contribution < 1.29 is 0 Å². The molecular weight excluding hydrogens is 122 g/mol. The highest BCUT2D eigenvalue weighted by atomic mass is 15.2. The number of rotatable bonds is 0. The smallest absolute Gasteiger partial charge is 0.00953 e. The van der Waals surface area contributed by atoms with Crippen molar-refractivity contribution in [1.82, 2.24) is 4.90 Å². The molecule has 1 heteroatoms.